The molecule has 1 aromatic rings. The second kappa shape index (κ2) is 6.05. The van der Waals surface area contributed by atoms with Gasteiger partial charge in [0.2, 0.25) is 0 Å². The van der Waals surface area contributed by atoms with E-state index >= 15 is 0 Å². The van der Waals surface area contributed by atoms with Gasteiger partial charge < -0.3 is 5.73 Å². The van der Waals surface area contributed by atoms with E-state index < -0.39 is 6.43 Å². The van der Waals surface area contributed by atoms with Crippen LogP contribution in [0.3, 0.4) is 0 Å². The Balaban J connectivity index is 2.82. The number of likely N-dealkylation sites (N-methyl/N-ethyl adjacent to an activating group) is 1. The standard InChI is InChI=1S/C10H15BrF2N2S/c1-6(14)10(15(2)5-9(12)13)7-3-4-8(11)16-7/h3-4,6,9-10H,5,14H2,1-2H3. The normalized spacial score (nSPS) is 15.8. The number of nitrogens with zero attached hydrogens (tertiary/aromatic N) is 1. The Morgan fingerprint density at radius 3 is 2.50 bits per heavy atom. The molecule has 2 atom stereocenters. The van der Waals surface area contributed by atoms with Crippen molar-refractivity contribution in [2.75, 3.05) is 13.6 Å². The van der Waals surface area contributed by atoms with Crippen molar-refractivity contribution in [3.63, 3.8) is 0 Å². The van der Waals surface area contributed by atoms with Crippen molar-refractivity contribution in [2.24, 2.45) is 5.73 Å². The molecular formula is C10H15BrF2N2S. The van der Waals surface area contributed by atoms with Gasteiger partial charge in [-0.05, 0) is 42.0 Å². The van der Waals surface area contributed by atoms with Gasteiger partial charge in [0.05, 0.1) is 16.4 Å². The summed E-state index contributed by atoms with van der Waals surface area (Å²) >= 11 is 4.89. The maximum Gasteiger partial charge on any atom is 0.251 e. The number of alkyl halides is 2. The first-order valence-electron chi connectivity index (χ1n) is 4.91. The van der Waals surface area contributed by atoms with Crippen LogP contribution in [0.2, 0.25) is 0 Å². The molecule has 6 heteroatoms. The third kappa shape index (κ3) is 3.76. The summed E-state index contributed by atoms with van der Waals surface area (Å²) < 4.78 is 25.7. The van der Waals surface area contributed by atoms with Crippen LogP contribution in [-0.4, -0.2) is 31.0 Å². The van der Waals surface area contributed by atoms with Crippen LogP contribution < -0.4 is 5.73 Å². The summed E-state index contributed by atoms with van der Waals surface area (Å²) in [7, 11) is 1.67. The lowest BCUT2D eigenvalue weighted by Crippen LogP contribution is -2.39. The summed E-state index contributed by atoms with van der Waals surface area (Å²) in [4.78, 5) is 2.61. The fraction of sp³-hybridized carbons (Fsp3) is 0.600. The number of hydrogen-bond donors (Lipinski definition) is 1. The highest BCUT2D eigenvalue weighted by Crippen LogP contribution is 2.31. The first-order valence-corrected chi connectivity index (χ1v) is 6.52. The smallest absolute Gasteiger partial charge is 0.251 e. The lowest BCUT2D eigenvalue weighted by molar-refractivity contribution is 0.0763. The van der Waals surface area contributed by atoms with Crippen molar-refractivity contribution in [1.29, 1.82) is 0 Å². The van der Waals surface area contributed by atoms with Gasteiger partial charge in [0.25, 0.3) is 6.43 Å². The average molecular weight is 313 g/mol. The van der Waals surface area contributed by atoms with Gasteiger partial charge in [-0.25, -0.2) is 8.78 Å². The van der Waals surface area contributed by atoms with Crippen molar-refractivity contribution in [2.45, 2.75) is 25.4 Å². The minimum absolute atomic E-state index is 0.162. The van der Waals surface area contributed by atoms with Gasteiger partial charge in [-0.15, -0.1) is 11.3 Å². The van der Waals surface area contributed by atoms with Crippen LogP contribution >= 0.6 is 27.3 Å². The SMILES string of the molecule is CC(N)C(c1ccc(Br)s1)N(C)CC(F)F. The van der Waals surface area contributed by atoms with E-state index in [1.54, 1.807) is 11.9 Å². The van der Waals surface area contributed by atoms with Gasteiger partial charge >= 0.3 is 0 Å². The van der Waals surface area contributed by atoms with Crippen LogP contribution in [0.25, 0.3) is 0 Å². The molecule has 0 saturated carbocycles. The molecule has 0 aliphatic carbocycles. The van der Waals surface area contributed by atoms with E-state index in [4.69, 9.17) is 5.73 Å². The minimum atomic E-state index is -2.34. The second-order valence-electron chi connectivity index (χ2n) is 3.78. The molecule has 0 radical (unpaired) electrons. The van der Waals surface area contributed by atoms with Gasteiger partial charge in [0.15, 0.2) is 0 Å². The Kier molecular flexibility index (Phi) is 5.30. The molecule has 2 N–H and O–H groups in total. The Hall–Kier alpha value is -0.0400. The number of nitrogens with two attached hydrogens (primary N) is 1. The highest BCUT2D eigenvalue weighted by atomic mass is 79.9. The first kappa shape index (κ1) is 14.0. The van der Waals surface area contributed by atoms with Crippen LogP contribution in [0.4, 0.5) is 8.78 Å². The minimum Gasteiger partial charge on any atom is -0.326 e. The van der Waals surface area contributed by atoms with Gasteiger partial charge in [-0.2, -0.15) is 0 Å². The lowest BCUT2D eigenvalue weighted by Gasteiger charge is -2.29. The van der Waals surface area contributed by atoms with E-state index in [-0.39, 0.29) is 18.6 Å². The molecule has 0 aliphatic heterocycles. The predicted octanol–water partition coefficient (Wildman–Crippen LogP) is 3.10. The zero-order valence-corrected chi connectivity index (χ0v) is 11.6. The largest absolute Gasteiger partial charge is 0.326 e. The van der Waals surface area contributed by atoms with E-state index in [2.05, 4.69) is 15.9 Å². The maximum absolute atomic E-state index is 12.3. The summed E-state index contributed by atoms with van der Waals surface area (Å²) in [5.41, 5.74) is 5.86. The molecule has 92 valence electrons. The second-order valence-corrected chi connectivity index (χ2v) is 6.27. The molecule has 1 rings (SSSR count). The van der Waals surface area contributed by atoms with Crippen molar-refractivity contribution in [1.82, 2.24) is 4.90 Å². The van der Waals surface area contributed by atoms with Gasteiger partial charge in [-0.1, -0.05) is 0 Å². The Labute approximate surface area is 107 Å². The third-order valence-corrected chi connectivity index (χ3v) is 3.98. The quantitative estimate of drug-likeness (QED) is 0.905. The molecule has 0 aromatic carbocycles. The zero-order valence-electron chi connectivity index (χ0n) is 9.16. The number of hydrogen-bond acceptors (Lipinski definition) is 3. The fourth-order valence-corrected chi connectivity index (χ4v) is 3.40. The molecule has 0 amide bonds. The maximum atomic E-state index is 12.3. The highest BCUT2D eigenvalue weighted by Gasteiger charge is 2.24. The van der Waals surface area contributed by atoms with E-state index in [0.717, 1.165) is 8.66 Å². The van der Waals surface area contributed by atoms with Crippen LogP contribution in [-0.2, 0) is 0 Å². The van der Waals surface area contributed by atoms with E-state index in [1.165, 1.54) is 11.3 Å². The topological polar surface area (TPSA) is 29.3 Å². The van der Waals surface area contributed by atoms with Crippen LogP contribution in [0.15, 0.2) is 15.9 Å². The monoisotopic (exact) mass is 312 g/mol. The number of halogens is 3. The van der Waals surface area contributed by atoms with Gasteiger partial charge in [-0.3, -0.25) is 4.90 Å². The Bertz CT molecular complexity index is 330. The number of rotatable bonds is 5. The molecule has 0 fully saturated rings. The van der Waals surface area contributed by atoms with Crippen LogP contribution in [0.5, 0.6) is 0 Å². The summed E-state index contributed by atoms with van der Waals surface area (Å²) in [6, 6.07) is 3.48. The summed E-state index contributed by atoms with van der Waals surface area (Å²) in [6.07, 6.45) is -2.34. The zero-order chi connectivity index (χ0) is 12.3. The van der Waals surface area contributed by atoms with Crippen molar-refractivity contribution < 1.29 is 8.78 Å². The van der Waals surface area contributed by atoms with E-state index in [0.29, 0.717) is 0 Å². The first-order chi connectivity index (χ1) is 7.41. The molecule has 0 bridgehead atoms. The lowest BCUT2D eigenvalue weighted by atomic mass is 10.1. The molecule has 1 heterocycles. The molecule has 2 nitrogen and oxygen atoms in total. The molecule has 0 aliphatic rings. The number of thiophene rings is 1. The Morgan fingerprint density at radius 1 is 1.50 bits per heavy atom. The summed E-state index contributed by atoms with van der Waals surface area (Å²) in [5.74, 6) is 0. The molecular weight excluding hydrogens is 298 g/mol. The van der Waals surface area contributed by atoms with Gasteiger partial charge in [0.1, 0.15) is 0 Å². The highest BCUT2D eigenvalue weighted by molar-refractivity contribution is 9.11. The van der Waals surface area contributed by atoms with Crippen molar-refractivity contribution in [3.8, 4) is 0 Å². The van der Waals surface area contributed by atoms with Crippen molar-refractivity contribution >= 4 is 27.3 Å². The molecule has 2 unspecified atom stereocenters. The molecule has 16 heavy (non-hydrogen) atoms. The third-order valence-electron chi connectivity index (χ3n) is 2.28. The van der Waals surface area contributed by atoms with Gasteiger partial charge in [0, 0.05) is 10.9 Å². The molecule has 1 aromatic heterocycles. The fourth-order valence-electron chi connectivity index (χ4n) is 1.70. The van der Waals surface area contributed by atoms with E-state index in [9.17, 15) is 8.78 Å². The Morgan fingerprint density at radius 2 is 2.12 bits per heavy atom. The summed E-state index contributed by atoms with van der Waals surface area (Å²) in [6.45, 7) is 1.57. The average Bonchev–Trinajstić information content (AvgIpc) is 2.49. The van der Waals surface area contributed by atoms with E-state index in [1.807, 2.05) is 19.1 Å². The molecule has 0 saturated heterocycles. The summed E-state index contributed by atoms with van der Waals surface area (Å²) in [5, 5.41) is 0. The predicted molar refractivity (Wildman–Crippen MR) is 67.0 cm³/mol. The van der Waals surface area contributed by atoms with Crippen LogP contribution in [0.1, 0.15) is 17.8 Å². The molecule has 0 spiro atoms. The van der Waals surface area contributed by atoms with Crippen LogP contribution in [0, 0.1) is 0 Å². The van der Waals surface area contributed by atoms with Crippen molar-refractivity contribution in [3.05, 3.63) is 20.8 Å².